The molecule has 0 bridgehead atoms. The molecule has 0 heterocycles. The van der Waals surface area contributed by atoms with E-state index in [1.165, 1.54) is 0 Å². The normalized spacial score (nSPS) is 9.60. The number of nitriles is 1. The summed E-state index contributed by atoms with van der Waals surface area (Å²) in [6.07, 6.45) is 1.49. The summed E-state index contributed by atoms with van der Waals surface area (Å²) in [6.45, 7) is 0. The Hall–Kier alpha value is -1.09. The maximum Gasteiger partial charge on any atom is 0.303 e. The molecule has 0 saturated heterocycles. The number of carboxylic acids is 1. The number of rotatable bonds is 4. The van der Waals surface area contributed by atoms with Crippen LogP contribution in [-0.4, -0.2) is 11.1 Å². The number of carboxylic acid groups (broad SMARTS) is 1. The SMILES string of the molecule is N#Cc1ccc(I)c(CCCC(=O)O)c1. The van der Waals surface area contributed by atoms with Gasteiger partial charge in [0, 0.05) is 9.99 Å². The summed E-state index contributed by atoms with van der Waals surface area (Å²) < 4.78 is 1.08. The molecule has 78 valence electrons. The predicted molar refractivity (Wildman–Crippen MR) is 64.4 cm³/mol. The van der Waals surface area contributed by atoms with Gasteiger partial charge in [0.1, 0.15) is 0 Å². The molecule has 0 amide bonds. The van der Waals surface area contributed by atoms with Crippen LogP contribution in [0.2, 0.25) is 0 Å². The highest BCUT2D eigenvalue weighted by atomic mass is 127. The van der Waals surface area contributed by atoms with E-state index < -0.39 is 5.97 Å². The van der Waals surface area contributed by atoms with Gasteiger partial charge in [-0.2, -0.15) is 5.26 Å². The van der Waals surface area contributed by atoms with Crippen molar-refractivity contribution in [3.63, 3.8) is 0 Å². The third-order valence-corrected chi connectivity index (χ3v) is 3.06. The van der Waals surface area contributed by atoms with Crippen LogP contribution in [-0.2, 0) is 11.2 Å². The minimum Gasteiger partial charge on any atom is -0.481 e. The predicted octanol–water partition coefficient (Wildman–Crippen LogP) is 2.57. The Labute approximate surface area is 102 Å². The van der Waals surface area contributed by atoms with Crippen LogP contribution >= 0.6 is 22.6 Å². The number of benzene rings is 1. The Kier molecular flexibility index (Phi) is 4.56. The minimum atomic E-state index is -0.776. The van der Waals surface area contributed by atoms with Crippen molar-refractivity contribution in [3.8, 4) is 6.07 Å². The molecule has 1 rings (SSSR count). The fourth-order valence-electron chi connectivity index (χ4n) is 1.27. The van der Waals surface area contributed by atoms with Crippen molar-refractivity contribution in [3.05, 3.63) is 32.9 Å². The fraction of sp³-hybridized carbons (Fsp3) is 0.273. The van der Waals surface area contributed by atoms with Gasteiger partial charge in [0.15, 0.2) is 0 Å². The van der Waals surface area contributed by atoms with Crippen LogP contribution in [0.15, 0.2) is 18.2 Å². The van der Waals surface area contributed by atoms with Gasteiger partial charge in [-0.15, -0.1) is 0 Å². The summed E-state index contributed by atoms with van der Waals surface area (Å²) in [7, 11) is 0. The van der Waals surface area contributed by atoms with Gasteiger partial charge < -0.3 is 5.11 Å². The zero-order valence-electron chi connectivity index (χ0n) is 8.03. The summed E-state index contributed by atoms with van der Waals surface area (Å²) >= 11 is 2.19. The first-order chi connectivity index (χ1) is 7.13. The van der Waals surface area contributed by atoms with Crippen LogP contribution in [0.25, 0.3) is 0 Å². The molecule has 0 aliphatic heterocycles. The maximum atomic E-state index is 10.3. The van der Waals surface area contributed by atoms with E-state index in [1.807, 2.05) is 12.1 Å². The van der Waals surface area contributed by atoms with Gasteiger partial charge in [-0.05, 0) is 59.2 Å². The lowest BCUT2D eigenvalue weighted by Crippen LogP contribution is -1.97. The quantitative estimate of drug-likeness (QED) is 0.869. The summed E-state index contributed by atoms with van der Waals surface area (Å²) in [5, 5.41) is 17.2. The molecule has 0 fully saturated rings. The molecule has 0 unspecified atom stereocenters. The van der Waals surface area contributed by atoms with Crippen molar-refractivity contribution in [2.75, 3.05) is 0 Å². The second-order valence-corrected chi connectivity index (χ2v) is 4.33. The topological polar surface area (TPSA) is 61.1 Å². The van der Waals surface area contributed by atoms with E-state index in [0.717, 1.165) is 9.13 Å². The van der Waals surface area contributed by atoms with Crippen molar-refractivity contribution in [1.82, 2.24) is 0 Å². The molecule has 1 aromatic rings. The third-order valence-electron chi connectivity index (χ3n) is 2.01. The molecule has 1 N–H and O–H groups in total. The van der Waals surface area contributed by atoms with Gasteiger partial charge in [0.25, 0.3) is 0 Å². The lowest BCUT2D eigenvalue weighted by atomic mass is 10.1. The van der Waals surface area contributed by atoms with Crippen LogP contribution < -0.4 is 0 Å². The van der Waals surface area contributed by atoms with Crippen molar-refractivity contribution in [1.29, 1.82) is 5.26 Å². The molecule has 0 radical (unpaired) electrons. The van der Waals surface area contributed by atoms with Gasteiger partial charge in [-0.25, -0.2) is 0 Å². The monoisotopic (exact) mass is 315 g/mol. The second-order valence-electron chi connectivity index (χ2n) is 3.17. The largest absolute Gasteiger partial charge is 0.481 e. The van der Waals surface area contributed by atoms with Gasteiger partial charge in [-0.3, -0.25) is 4.79 Å². The number of carbonyl (C=O) groups is 1. The van der Waals surface area contributed by atoms with Crippen LogP contribution in [0, 0.1) is 14.9 Å². The molecule has 0 aromatic heterocycles. The maximum absolute atomic E-state index is 10.3. The second kappa shape index (κ2) is 5.71. The van der Waals surface area contributed by atoms with Gasteiger partial charge in [0.05, 0.1) is 11.6 Å². The van der Waals surface area contributed by atoms with Gasteiger partial charge >= 0.3 is 5.97 Å². The number of hydrogen-bond donors (Lipinski definition) is 1. The summed E-state index contributed by atoms with van der Waals surface area (Å²) in [5.41, 5.74) is 1.68. The number of hydrogen-bond acceptors (Lipinski definition) is 2. The smallest absolute Gasteiger partial charge is 0.303 e. The molecule has 1 aromatic carbocycles. The van der Waals surface area contributed by atoms with Crippen LogP contribution in [0.1, 0.15) is 24.0 Å². The Morgan fingerprint density at radius 1 is 1.53 bits per heavy atom. The fourth-order valence-corrected chi connectivity index (χ4v) is 1.87. The van der Waals surface area contributed by atoms with Gasteiger partial charge in [-0.1, -0.05) is 0 Å². The van der Waals surface area contributed by atoms with E-state index in [-0.39, 0.29) is 6.42 Å². The first-order valence-electron chi connectivity index (χ1n) is 4.54. The number of aryl methyl sites for hydroxylation is 1. The lowest BCUT2D eigenvalue weighted by molar-refractivity contribution is -0.137. The van der Waals surface area contributed by atoms with E-state index in [1.54, 1.807) is 6.07 Å². The van der Waals surface area contributed by atoms with Crippen molar-refractivity contribution >= 4 is 28.6 Å². The van der Waals surface area contributed by atoms with Gasteiger partial charge in [0.2, 0.25) is 0 Å². The van der Waals surface area contributed by atoms with Crippen LogP contribution in [0.4, 0.5) is 0 Å². The lowest BCUT2D eigenvalue weighted by Gasteiger charge is -2.03. The highest BCUT2D eigenvalue weighted by Gasteiger charge is 2.03. The van der Waals surface area contributed by atoms with Crippen molar-refractivity contribution in [2.24, 2.45) is 0 Å². The highest BCUT2D eigenvalue weighted by molar-refractivity contribution is 14.1. The van der Waals surface area contributed by atoms with E-state index in [9.17, 15) is 4.79 Å². The summed E-state index contributed by atoms with van der Waals surface area (Å²) in [6, 6.07) is 7.55. The van der Waals surface area contributed by atoms with E-state index in [4.69, 9.17) is 10.4 Å². The Bertz CT molecular complexity index is 410. The number of aliphatic carboxylic acids is 1. The molecule has 0 saturated carbocycles. The third kappa shape index (κ3) is 3.88. The molecular weight excluding hydrogens is 305 g/mol. The van der Waals surface area contributed by atoms with Crippen LogP contribution in [0.5, 0.6) is 0 Å². The average molecular weight is 315 g/mol. The Balaban J connectivity index is 2.68. The standard InChI is InChI=1S/C11H10INO2/c12-10-5-4-8(7-13)6-9(10)2-1-3-11(14)15/h4-6H,1-3H2,(H,14,15). The zero-order valence-corrected chi connectivity index (χ0v) is 10.2. The molecule has 0 aliphatic rings. The van der Waals surface area contributed by atoms with E-state index in [0.29, 0.717) is 18.4 Å². The first kappa shape index (κ1) is 12.0. The molecule has 0 spiro atoms. The zero-order chi connectivity index (χ0) is 11.3. The summed E-state index contributed by atoms with van der Waals surface area (Å²) in [5.74, 6) is -0.776. The minimum absolute atomic E-state index is 0.173. The average Bonchev–Trinajstić information content (AvgIpc) is 2.20. The van der Waals surface area contributed by atoms with Crippen LogP contribution in [0.3, 0.4) is 0 Å². The molecule has 0 atom stereocenters. The van der Waals surface area contributed by atoms with Crippen molar-refractivity contribution in [2.45, 2.75) is 19.3 Å². The number of halogens is 1. The Morgan fingerprint density at radius 3 is 2.87 bits per heavy atom. The highest BCUT2D eigenvalue weighted by Crippen LogP contribution is 2.16. The first-order valence-corrected chi connectivity index (χ1v) is 5.61. The molecule has 4 heteroatoms. The van der Waals surface area contributed by atoms with Crippen molar-refractivity contribution < 1.29 is 9.90 Å². The molecular formula is C11H10INO2. The molecule has 15 heavy (non-hydrogen) atoms. The summed E-state index contributed by atoms with van der Waals surface area (Å²) in [4.78, 5) is 10.3. The molecule has 0 aliphatic carbocycles. The molecule has 3 nitrogen and oxygen atoms in total. The number of nitrogens with zero attached hydrogens (tertiary/aromatic N) is 1. The van der Waals surface area contributed by atoms with E-state index in [2.05, 4.69) is 28.7 Å². The van der Waals surface area contributed by atoms with E-state index >= 15 is 0 Å². The Morgan fingerprint density at radius 2 is 2.27 bits per heavy atom.